The van der Waals surface area contributed by atoms with Crippen molar-refractivity contribution in [1.29, 1.82) is 0 Å². The highest BCUT2D eigenvalue weighted by Gasteiger charge is 2.40. The molecule has 2 saturated heterocycles. The summed E-state index contributed by atoms with van der Waals surface area (Å²) in [5.74, 6) is -0.426. The molecule has 2 aliphatic rings. The molecule has 4 heteroatoms. The molecule has 2 rings (SSSR count). The standard InChI is InChI=1S/C9H12O4/c1-7-3-12-9(13-4-7)5-10-8(2)11-6-9/h1-6H2. The van der Waals surface area contributed by atoms with Crippen LogP contribution in [0.2, 0.25) is 0 Å². The molecule has 0 aromatic heterocycles. The molecule has 72 valence electrons. The van der Waals surface area contributed by atoms with E-state index in [1.165, 1.54) is 0 Å². The fourth-order valence-corrected chi connectivity index (χ4v) is 1.18. The van der Waals surface area contributed by atoms with E-state index in [1.807, 2.05) is 0 Å². The fraction of sp³-hybridized carbons (Fsp3) is 0.556. The van der Waals surface area contributed by atoms with Gasteiger partial charge in [0.2, 0.25) is 5.79 Å². The molecule has 0 radical (unpaired) electrons. The molecule has 0 bridgehead atoms. The minimum absolute atomic E-state index is 0.322. The van der Waals surface area contributed by atoms with Gasteiger partial charge in [0.1, 0.15) is 13.2 Å². The summed E-state index contributed by atoms with van der Waals surface area (Å²) < 4.78 is 21.1. The van der Waals surface area contributed by atoms with Crippen LogP contribution in [0, 0.1) is 0 Å². The van der Waals surface area contributed by atoms with E-state index in [2.05, 4.69) is 13.2 Å². The van der Waals surface area contributed by atoms with Gasteiger partial charge in [-0.1, -0.05) is 6.58 Å². The Morgan fingerprint density at radius 2 is 1.54 bits per heavy atom. The molecule has 0 atom stereocenters. The van der Waals surface area contributed by atoms with Crippen LogP contribution in [0.4, 0.5) is 0 Å². The van der Waals surface area contributed by atoms with Gasteiger partial charge in [0.15, 0.2) is 0 Å². The SMILES string of the molecule is C=C1COC2(COC(=C)OC2)OC1. The van der Waals surface area contributed by atoms with E-state index < -0.39 is 5.79 Å². The van der Waals surface area contributed by atoms with Gasteiger partial charge in [-0.2, -0.15) is 0 Å². The largest absolute Gasteiger partial charge is 0.460 e. The summed E-state index contributed by atoms with van der Waals surface area (Å²) >= 11 is 0. The van der Waals surface area contributed by atoms with Gasteiger partial charge in [0.05, 0.1) is 13.2 Å². The van der Waals surface area contributed by atoms with E-state index in [-0.39, 0.29) is 0 Å². The van der Waals surface area contributed by atoms with E-state index in [9.17, 15) is 0 Å². The van der Waals surface area contributed by atoms with Crippen LogP contribution in [-0.4, -0.2) is 32.2 Å². The van der Waals surface area contributed by atoms with Crippen molar-refractivity contribution in [2.24, 2.45) is 0 Å². The Morgan fingerprint density at radius 1 is 1.00 bits per heavy atom. The zero-order valence-electron chi connectivity index (χ0n) is 7.38. The van der Waals surface area contributed by atoms with Crippen molar-refractivity contribution in [2.45, 2.75) is 5.79 Å². The van der Waals surface area contributed by atoms with Crippen molar-refractivity contribution < 1.29 is 18.9 Å². The average molecular weight is 184 g/mol. The Kier molecular flexibility index (Phi) is 2.01. The first-order valence-corrected chi connectivity index (χ1v) is 4.09. The number of rotatable bonds is 0. The third kappa shape index (κ3) is 1.68. The van der Waals surface area contributed by atoms with Crippen molar-refractivity contribution in [3.05, 3.63) is 24.7 Å². The summed E-state index contributed by atoms with van der Waals surface area (Å²) in [7, 11) is 0. The molecule has 0 amide bonds. The zero-order chi connectivity index (χ0) is 9.31. The molecule has 2 fully saturated rings. The van der Waals surface area contributed by atoms with Crippen LogP contribution >= 0.6 is 0 Å². The first kappa shape index (κ1) is 8.59. The Morgan fingerprint density at radius 3 is 2.08 bits per heavy atom. The van der Waals surface area contributed by atoms with E-state index in [0.717, 1.165) is 5.57 Å². The third-order valence-electron chi connectivity index (χ3n) is 1.98. The van der Waals surface area contributed by atoms with Crippen molar-refractivity contribution in [3.8, 4) is 0 Å². The smallest absolute Gasteiger partial charge is 0.271 e. The fourth-order valence-electron chi connectivity index (χ4n) is 1.18. The minimum Gasteiger partial charge on any atom is -0.460 e. The molecule has 0 unspecified atom stereocenters. The van der Waals surface area contributed by atoms with Crippen molar-refractivity contribution in [2.75, 3.05) is 26.4 Å². The van der Waals surface area contributed by atoms with E-state index in [1.54, 1.807) is 0 Å². The van der Waals surface area contributed by atoms with Gasteiger partial charge in [-0.3, -0.25) is 0 Å². The lowest BCUT2D eigenvalue weighted by Crippen LogP contribution is -2.51. The minimum atomic E-state index is -0.748. The molecule has 0 N–H and O–H groups in total. The Balaban J connectivity index is 1.98. The molecule has 4 nitrogen and oxygen atoms in total. The number of hydrogen-bond donors (Lipinski definition) is 0. The molecule has 0 aromatic carbocycles. The van der Waals surface area contributed by atoms with Crippen LogP contribution in [0.15, 0.2) is 24.7 Å². The highest BCUT2D eigenvalue weighted by Crippen LogP contribution is 2.26. The van der Waals surface area contributed by atoms with Gasteiger partial charge in [0, 0.05) is 0 Å². The lowest BCUT2D eigenvalue weighted by atomic mass is 10.2. The molecular weight excluding hydrogens is 172 g/mol. The van der Waals surface area contributed by atoms with Crippen molar-refractivity contribution in [3.63, 3.8) is 0 Å². The average Bonchev–Trinajstić information content (AvgIpc) is 2.16. The van der Waals surface area contributed by atoms with E-state index in [0.29, 0.717) is 32.4 Å². The molecular formula is C9H12O4. The Bertz CT molecular complexity index is 196. The summed E-state index contributed by atoms with van der Waals surface area (Å²) in [5.41, 5.74) is 0.926. The quantitative estimate of drug-likeness (QED) is 0.522. The zero-order valence-corrected chi connectivity index (χ0v) is 7.38. The molecule has 0 saturated carbocycles. The monoisotopic (exact) mass is 184 g/mol. The second kappa shape index (κ2) is 3.05. The van der Waals surface area contributed by atoms with Gasteiger partial charge in [0.25, 0.3) is 5.95 Å². The van der Waals surface area contributed by atoms with Gasteiger partial charge < -0.3 is 18.9 Å². The first-order valence-electron chi connectivity index (χ1n) is 4.09. The third-order valence-corrected chi connectivity index (χ3v) is 1.98. The Hall–Kier alpha value is -1.00. The predicted octanol–water partition coefficient (Wildman–Crippen LogP) is 0.804. The van der Waals surface area contributed by atoms with Gasteiger partial charge in [-0.25, -0.2) is 0 Å². The van der Waals surface area contributed by atoms with Crippen LogP contribution in [0.3, 0.4) is 0 Å². The first-order chi connectivity index (χ1) is 6.20. The summed E-state index contributed by atoms with van der Waals surface area (Å²) in [6, 6.07) is 0. The van der Waals surface area contributed by atoms with Crippen LogP contribution in [-0.2, 0) is 18.9 Å². The number of ether oxygens (including phenoxy) is 4. The molecule has 0 aromatic rings. The van der Waals surface area contributed by atoms with Gasteiger partial charge in [-0.05, 0) is 12.2 Å². The molecule has 1 spiro atoms. The molecule has 13 heavy (non-hydrogen) atoms. The molecule has 2 aliphatic heterocycles. The van der Waals surface area contributed by atoms with E-state index in [4.69, 9.17) is 18.9 Å². The normalized spacial score (nSPS) is 26.8. The summed E-state index contributed by atoms with van der Waals surface area (Å²) in [6.07, 6.45) is 0. The lowest BCUT2D eigenvalue weighted by molar-refractivity contribution is -0.313. The van der Waals surface area contributed by atoms with E-state index >= 15 is 0 Å². The molecule has 2 heterocycles. The predicted molar refractivity (Wildman–Crippen MR) is 44.8 cm³/mol. The Labute approximate surface area is 76.7 Å². The second-order valence-electron chi connectivity index (χ2n) is 3.19. The van der Waals surface area contributed by atoms with Crippen molar-refractivity contribution in [1.82, 2.24) is 0 Å². The van der Waals surface area contributed by atoms with Crippen LogP contribution < -0.4 is 0 Å². The number of hydrogen-bond acceptors (Lipinski definition) is 4. The topological polar surface area (TPSA) is 36.9 Å². The second-order valence-corrected chi connectivity index (χ2v) is 3.19. The maximum atomic E-state index is 5.45. The van der Waals surface area contributed by atoms with Crippen molar-refractivity contribution >= 4 is 0 Å². The molecule has 0 aliphatic carbocycles. The summed E-state index contributed by atoms with van der Waals surface area (Å²) in [5, 5.41) is 0. The maximum Gasteiger partial charge on any atom is 0.271 e. The highest BCUT2D eigenvalue weighted by atomic mass is 16.8. The van der Waals surface area contributed by atoms with Crippen LogP contribution in [0.25, 0.3) is 0 Å². The van der Waals surface area contributed by atoms with Gasteiger partial charge in [-0.15, -0.1) is 0 Å². The highest BCUT2D eigenvalue weighted by molar-refractivity contribution is 4.99. The van der Waals surface area contributed by atoms with Crippen LogP contribution in [0.5, 0.6) is 0 Å². The lowest BCUT2D eigenvalue weighted by Gasteiger charge is -2.39. The van der Waals surface area contributed by atoms with Gasteiger partial charge >= 0.3 is 0 Å². The summed E-state index contributed by atoms with van der Waals surface area (Å²) in [6.45, 7) is 8.96. The summed E-state index contributed by atoms with van der Waals surface area (Å²) in [4.78, 5) is 0. The maximum absolute atomic E-state index is 5.45. The van der Waals surface area contributed by atoms with Crippen LogP contribution in [0.1, 0.15) is 0 Å².